The third-order valence-electron chi connectivity index (χ3n) is 1.88. The van der Waals surface area contributed by atoms with Gasteiger partial charge in [0.2, 0.25) is 0 Å². The van der Waals surface area contributed by atoms with Crippen molar-refractivity contribution in [3.8, 4) is 11.8 Å². The minimum atomic E-state index is -4.23. The molecule has 0 atom stereocenters. The second kappa shape index (κ2) is 6.58. The quantitative estimate of drug-likeness (QED) is 0.505. The van der Waals surface area contributed by atoms with Crippen molar-refractivity contribution in [3.05, 3.63) is 29.8 Å². The highest BCUT2D eigenvalue weighted by atomic mass is 32.2. The van der Waals surface area contributed by atoms with Gasteiger partial charge in [0.15, 0.2) is 0 Å². The summed E-state index contributed by atoms with van der Waals surface area (Å²) in [5.41, 5.74) is -3.29. The summed E-state index contributed by atoms with van der Waals surface area (Å²) in [6.07, 6.45) is 0. The van der Waals surface area contributed by atoms with Gasteiger partial charge in [0, 0.05) is 11.4 Å². The molecule has 0 saturated heterocycles. The molecule has 1 N–H and O–H groups in total. The Hall–Kier alpha value is -1.12. The molecule has 0 aliphatic carbocycles. The van der Waals surface area contributed by atoms with Crippen LogP contribution in [0.4, 0.5) is 13.2 Å². The first-order valence-corrected chi connectivity index (χ1v) is 5.78. The lowest BCUT2D eigenvalue weighted by atomic mass is 10.2. The first kappa shape index (κ1) is 13.9. The Morgan fingerprint density at radius 2 is 1.88 bits per heavy atom. The summed E-state index contributed by atoms with van der Waals surface area (Å²) in [4.78, 5) is 0.203. The van der Waals surface area contributed by atoms with Gasteiger partial charge in [-0.15, -0.1) is 5.92 Å². The predicted octanol–water partition coefficient (Wildman–Crippen LogP) is 3.41. The summed E-state index contributed by atoms with van der Waals surface area (Å²) in [5.74, 6) is 5.59. The van der Waals surface area contributed by atoms with Crippen LogP contribution < -0.4 is 5.32 Å². The number of benzene rings is 1. The van der Waals surface area contributed by atoms with Crippen LogP contribution >= 0.6 is 11.8 Å². The highest BCUT2D eigenvalue weighted by molar-refractivity contribution is 8.00. The van der Waals surface area contributed by atoms with E-state index in [1.165, 1.54) is 12.1 Å². The van der Waals surface area contributed by atoms with Crippen LogP contribution in [-0.2, 0) is 6.54 Å². The molecule has 92 valence electrons. The average Bonchev–Trinajstić information content (AvgIpc) is 2.25. The standard InChI is InChI=1S/C12H12F3NS/c1-2-3-8-16-9-10-4-6-11(7-5-10)17-12(13,14)15/h4-7,16H,8-9H2,1H3. The summed E-state index contributed by atoms with van der Waals surface area (Å²) >= 11 is -0.101. The normalized spacial score (nSPS) is 10.8. The molecule has 1 rings (SSSR count). The topological polar surface area (TPSA) is 12.0 Å². The van der Waals surface area contributed by atoms with Crippen LogP contribution in [0.2, 0.25) is 0 Å². The van der Waals surface area contributed by atoms with Gasteiger partial charge in [0.1, 0.15) is 0 Å². The summed E-state index contributed by atoms with van der Waals surface area (Å²) in [5, 5.41) is 3.07. The largest absolute Gasteiger partial charge is 0.446 e. The number of alkyl halides is 3. The zero-order chi connectivity index (χ0) is 12.7. The van der Waals surface area contributed by atoms with E-state index in [1.807, 2.05) is 0 Å². The van der Waals surface area contributed by atoms with Crippen molar-refractivity contribution < 1.29 is 13.2 Å². The number of thioether (sulfide) groups is 1. The first-order chi connectivity index (χ1) is 8.01. The van der Waals surface area contributed by atoms with Gasteiger partial charge < -0.3 is 5.32 Å². The zero-order valence-electron chi connectivity index (χ0n) is 9.27. The molecule has 17 heavy (non-hydrogen) atoms. The summed E-state index contributed by atoms with van der Waals surface area (Å²) < 4.78 is 36.2. The van der Waals surface area contributed by atoms with Crippen molar-refractivity contribution in [2.75, 3.05) is 6.54 Å². The van der Waals surface area contributed by atoms with E-state index in [0.717, 1.165) is 5.56 Å². The van der Waals surface area contributed by atoms with Gasteiger partial charge in [-0.1, -0.05) is 18.1 Å². The van der Waals surface area contributed by atoms with Crippen molar-refractivity contribution >= 4 is 11.8 Å². The number of hydrogen-bond donors (Lipinski definition) is 1. The van der Waals surface area contributed by atoms with E-state index in [4.69, 9.17) is 0 Å². The summed E-state index contributed by atoms with van der Waals surface area (Å²) in [6, 6.07) is 6.31. The average molecular weight is 259 g/mol. The van der Waals surface area contributed by atoms with Crippen molar-refractivity contribution in [3.63, 3.8) is 0 Å². The lowest BCUT2D eigenvalue weighted by Crippen LogP contribution is -2.12. The van der Waals surface area contributed by atoms with Crippen LogP contribution in [0.15, 0.2) is 29.2 Å². The molecule has 1 aromatic carbocycles. The molecule has 0 spiro atoms. The number of halogens is 3. The third-order valence-corrected chi connectivity index (χ3v) is 2.62. The van der Waals surface area contributed by atoms with E-state index >= 15 is 0 Å². The Bertz CT molecular complexity index is 400. The van der Waals surface area contributed by atoms with Gasteiger partial charge in [-0.25, -0.2) is 0 Å². The molecule has 0 fully saturated rings. The number of hydrogen-bond acceptors (Lipinski definition) is 2. The Morgan fingerprint density at radius 3 is 2.41 bits per heavy atom. The van der Waals surface area contributed by atoms with Crippen LogP contribution in [-0.4, -0.2) is 12.1 Å². The van der Waals surface area contributed by atoms with Crippen molar-refractivity contribution in [1.29, 1.82) is 0 Å². The van der Waals surface area contributed by atoms with E-state index < -0.39 is 5.51 Å². The second-order valence-corrected chi connectivity index (χ2v) is 4.36. The second-order valence-electron chi connectivity index (χ2n) is 3.22. The first-order valence-electron chi connectivity index (χ1n) is 4.96. The highest BCUT2D eigenvalue weighted by Crippen LogP contribution is 2.36. The summed E-state index contributed by atoms with van der Waals surface area (Å²) in [7, 11) is 0. The van der Waals surface area contributed by atoms with Gasteiger partial charge in [-0.3, -0.25) is 0 Å². The third kappa shape index (κ3) is 6.25. The maximum atomic E-state index is 12.1. The predicted molar refractivity (Wildman–Crippen MR) is 63.5 cm³/mol. The van der Waals surface area contributed by atoms with Crippen molar-refractivity contribution in [2.24, 2.45) is 0 Å². The highest BCUT2D eigenvalue weighted by Gasteiger charge is 2.28. The lowest BCUT2D eigenvalue weighted by molar-refractivity contribution is -0.0328. The number of nitrogens with one attached hydrogen (secondary N) is 1. The molecule has 0 bridgehead atoms. The van der Waals surface area contributed by atoms with Crippen molar-refractivity contribution in [2.45, 2.75) is 23.9 Å². The molecule has 0 unspecified atom stereocenters. The van der Waals surface area contributed by atoms with E-state index in [-0.39, 0.29) is 16.7 Å². The fraction of sp³-hybridized carbons (Fsp3) is 0.333. The smallest absolute Gasteiger partial charge is 0.302 e. The Kier molecular flexibility index (Phi) is 5.39. The van der Waals surface area contributed by atoms with Gasteiger partial charge >= 0.3 is 5.51 Å². The van der Waals surface area contributed by atoms with Crippen LogP contribution in [0.1, 0.15) is 12.5 Å². The minimum Gasteiger partial charge on any atom is -0.302 e. The Labute approximate surface area is 103 Å². The fourth-order valence-corrected chi connectivity index (χ4v) is 1.71. The minimum absolute atomic E-state index is 0.101. The fourth-order valence-electron chi connectivity index (χ4n) is 1.17. The molecule has 5 heteroatoms. The van der Waals surface area contributed by atoms with Crippen LogP contribution in [0, 0.1) is 11.8 Å². The monoisotopic (exact) mass is 259 g/mol. The molecule has 0 amide bonds. The molecule has 0 aromatic heterocycles. The molecule has 1 aromatic rings. The van der Waals surface area contributed by atoms with Gasteiger partial charge in [-0.2, -0.15) is 13.2 Å². The van der Waals surface area contributed by atoms with Crippen molar-refractivity contribution in [1.82, 2.24) is 5.32 Å². The Morgan fingerprint density at radius 1 is 1.24 bits per heavy atom. The van der Waals surface area contributed by atoms with Crippen LogP contribution in [0.3, 0.4) is 0 Å². The van der Waals surface area contributed by atoms with E-state index in [9.17, 15) is 13.2 Å². The number of rotatable bonds is 4. The summed E-state index contributed by atoms with van der Waals surface area (Å²) in [6.45, 7) is 2.94. The van der Waals surface area contributed by atoms with E-state index in [0.29, 0.717) is 13.1 Å². The van der Waals surface area contributed by atoms with E-state index in [1.54, 1.807) is 19.1 Å². The molecule has 0 aliphatic rings. The van der Waals surface area contributed by atoms with Gasteiger partial charge in [0.05, 0.1) is 6.54 Å². The molecular weight excluding hydrogens is 247 g/mol. The van der Waals surface area contributed by atoms with Gasteiger partial charge in [-0.05, 0) is 36.4 Å². The lowest BCUT2D eigenvalue weighted by Gasteiger charge is -2.06. The molecule has 0 radical (unpaired) electrons. The molecule has 0 heterocycles. The Balaban J connectivity index is 2.46. The molecular formula is C12H12F3NS. The maximum absolute atomic E-state index is 12.1. The molecule has 1 nitrogen and oxygen atoms in total. The molecule has 0 saturated carbocycles. The SMILES string of the molecule is CC#CCNCc1ccc(SC(F)(F)F)cc1. The van der Waals surface area contributed by atoms with Gasteiger partial charge in [0.25, 0.3) is 0 Å². The maximum Gasteiger partial charge on any atom is 0.446 e. The van der Waals surface area contributed by atoms with Crippen LogP contribution in [0.25, 0.3) is 0 Å². The molecule has 0 aliphatic heterocycles. The van der Waals surface area contributed by atoms with E-state index in [2.05, 4.69) is 17.2 Å². The zero-order valence-corrected chi connectivity index (χ0v) is 10.1. The van der Waals surface area contributed by atoms with Crippen LogP contribution in [0.5, 0.6) is 0 Å².